The summed E-state index contributed by atoms with van der Waals surface area (Å²) in [5.41, 5.74) is 2.18. The molecule has 0 saturated heterocycles. The number of rotatable bonds is 8. The number of halogens is 1. The molecule has 1 N–H and O–H groups in total. The zero-order valence-corrected chi connectivity index (χ0v) is 17.7. The number of hydrogen-bond acceptors (Lipinski definition) is 4. The smallest absolute Gasteiger partial charge is 0.266 e. The van der Waals surface area contributed by atoms with Gasteiger partial charge in [0, 0.05) is 5.69 Å². The van der Waals surface area contributed by atoms with E-state index in [9.17, 15) is 10.1 Å². The number of ether oxygens (including phenoxy) is 2. The van der Waals surface area contributed by atoms with E-state index < -0.39 is 5.91 Å². The Balaban J connectivity index is 1.67. The summed E-state index contributed by atoms with van der Waals surface area (Å²) < 4.78 is 11.1. The molecule has 3 aromatic carbocycles. The third kappa shape index (κ3) is 6.36. The third-order valence-electron chi connectivity index (χ3n) is 4.29. The van der Waals surface area contributed by atoms with Crippen molar-refractivity contribution in [1.82, 2.24) is 0 Å². The Morgan fingerprint density at radius 3 is 2.45 bits per heavy atom. The van der Waals surface area contributed by atoms with Crippen LogP contribution < -0.4 is 14.8 Å². The maximum absolute atomic E-state index is 12.5. The second-order valence-electron chi connectivity index (χ2n) is 6.55. The largest absolute Gasteiger partial charge is 0.494 e. The molecule has 0 bridgehead atoms. The zero-order chi connectivity index (χ0) is 22.1. The minimum Gasteiger partial charge on any atom is -0.494 e. The normalized spacial score (nSPS) is 10.8. The van der Waals surface area contributed by atoms with Gasteiger partial charge in [0.2, 0.25) is 0 Å². The Hall–Kier alpha value is -3.75. The topological polar surface area (TPSA) is 71.3 Å². The second-order valence-corrected chi connectivity index (χ2v) is 6.95. The SMILES string of the molecule is CCOc1ccc(NC(=O)/C(C#N)=C/c2ccc(OCc3ccccc3)c(Cl)c2)cc1. The maximum atomic E-state index is 12.5. The quantitative estimate of drug-likeness (QED) is 0.357. The number of nitrogens with one attached hydrogen (secondary N) is 1. The van der Waals surface area contributed by atoms with E-state index in [-0.39, 0.29) is 5.57 Å². The van der Waals surface area contributed by atoms with Gasteiger partial charge < -0.3 is 14.8 Å². The number of carbonyl (C=O) groups excluding carboxylic acids is 1. The molecular weight excluding hydrogens is 412 g/mol. The van der Waals surface area contributed by atoms with Gasteiger partial charge in [-0.05, 0) is 60.5 Å². The van der Waals surface area contributed by atoms with Crippen molar-refractivity contribution >= 4 is 29.3 Å². The van der Waals surface area contributed by atoms with Gasteiger partial charge >= 0.3 is 0 Å². The molecule has 0 saturated carbocycles. The van der Waals surface area contributed by atoms with Crippen molar-refractivity contribution < 1.29 is 14.3 Å². The van der Waals surface area contributed by atoms with Crippen molar-refractivity contribution in [2.24, 2.45) is 0 Å². The first-order valence-corrected chi connectivity index (χ1v) is 10.1. The highest BCUT2D eigenvalue weighted by Crippen LogP contribution is 2.27. The summed E-state index contributed by atoms with van der Waals surface area (Å²) in [4.78, 5) is 12.5. The van der Waals surface area contributed by atoms with Gasteiger partial charge in [0.25, 0.3) is 5.91 Å². The number of anilines is 1. The highest BCUT2D eigenvalue weighted by molar-refractivity contribution is 6.32. The Labute approximate surface area is 186 Å². The number of nitriles is 1. The molecule has 0 aliphatic carbocycles. The summed E-state index contributed by atoms with van der Waals surface area (Å²) in [5.74, 6) is 0.730. The number of benzene rings is 3. The molecule has 31 heavy (non-hydrogen) atoms. The van der Waals surface area contributed by atoms with Gasteiger partial charge in [-0.25, -0.2) is 0 Å². The lowest BCUT2D eigenvalue weighted by molar-refractivity contribution is -0.112. The van der Waals surface area contributed by atoms with E-state index in [1.165, 1.54) is 6.08 Å². The molecule has 0 aliphatic rings. The molecule has 0 radical (unpaired) electrons. The maximum Gasteiger partial charge on any atom is 0.266 e. The van der Waals surface area contributed by atoms with Crippen LogP contribution in [0.5, 0.6) is 11.5 Å². The summed E-state index contributed by atoms with van der Waals surface area (Å²) >= 11 is 6.32. The van der Waals surface area contributed by atoms with Gasteiger partial charge in [-0.1, -0.05) is 48.0 Å². The van der Waals surface area contributed by atoms with Gasteiger partial charge in [0.05, 0.1) is 11.6 Å². The number of carbonyl (C=O) groups is 1. The predicted octanol–water partition coefficient (Wildman–Crippen LogP) is 5.86. The van der Waals surface area contributed by atoms with Crippen LogP contribution >= 0.6 is 11.6 Å². The molecule has 5 nitrogen and oxygen atoms in total. The zero-order valence-electron chi connectivity index (χ0n) is 17.0. The third-order valence-corrected chi connectivity index (χ3v) is 4.59. The Bertz CT molecular complexity index is 1100. The van der Waals surface area contributed by atoms with Gasteiger partial charge in [0.15, 0.2) is 0 Å². The van der Waals surface area contributed by atoms with Gasteiger partial charge in [-0.15, -0.1) is 0 Å². The Kier molecular flexibility index (Phi) is 7.69. The summed E-state index contributed by atoms with van der Waals surface area (Å²) in [7, 11) is 0. The molecule has 0 heterocycles. The van der Waals surface area contributed by atoms with Crippen LogP contribution in [-0.4, -0.2) is 12.5 Å². The van der Waals surface area contributed by atoms with Crippen LogP contribution in [-0.2, 0) is 11.4 Å². The molecule has 6 heteroatoms. The molecule has 0 unspecified atom stereocenters. The van der Waals surface area contributed by atoms with Crippen molar-refractivity contribution in [3.8, 4) is 17.6 Å². The number of hydrogen-bond donors (Lipinski definition) is 1. The number of nitrogens with zero attached hydrogens (tertiary/aromatic N) is 1. The van der Waals surface area contributed by atoms with Crippen LogP contribution in [0.25, 0.3) is 6.08 Å². The molecule has 0 spiro atoms. The fraction of sp³-hybridized carbons (Fsp3) is 0.120. The van der Waals surface area contributed by atoms with E-state index in [1.807, 2.05) is 43.3 Å². The first-order chi connectivity index (χ1) is 15.1. The number of amides is 1. The fourth-order valence-electron chi connectivity index (χ4n) is 2.77. The van der Waals surface area contributed by atoms with E-state index in [0.29, 0.717) is 41.0 Å². The molecule has 0 aliphatic heterocycles. The lowest BCUT2D eigenvalue weighted by Crippen LogP contribution is -2.13. The van der Waals surface area contributed by atoms with Crippen LogP contribution in [0.2, 0.25) is 5.02 Å². The Morgan fingerprint density at radius 2 is 1.81 bits per heavy atom. The predicted molar refractivity (Wildman–Crippen MR) is 122 cm³/mol. The fourth-order valence-corrected chi connectivity index (χ4v) is 3.02. The molecule has 156 valence electrons. The van der Waals surface area contributed by atoms with Gasteiger partial charge in [-0.2, -0.15) is 5.26 Å². The minimum atomic E-state index is -0.507. The first kappa shape index (κ1) is 21.9. The van der Waals surface area contributed by atoms with Crippen molar-refractivity contribution in [3.05, 3.63) is 94.5 Å². The molecular formula is C25H21ClN2O3. The minimum absolute atomic E-state index is 0.0390. The Morgan fingerprint density at radius 1 is 1.06 bits per heavy atom. The molecule has 0 atom stereocenters. The van der Waals surface area contributed by atoms with Crippen molar-refractivity contribution in [1.29, 1.82) is 5.26 Å². The average molecular weight is 433 g/mol. The molecule has 0 fully saturated rings. The van der Waals surface area contributed by atoms with E-state index in [0.717, 1.165) is 5.56 Å². The monoisotopic (exact) mass is 432 g/mol. The van der Waals surface area contributed by atoms with Gasteiger partial charge in [0.1, 0.15) is 29.7 Å². The summed E-state index contributed by atoms with van der Waals surface area (Å²) in [5, 5.41) is 12.5. The molecule has 0 aromatic heterocycles. The molecule has 3 aromatic rings. The van der Waals surface area contributed by atoms with Crippen LogP contribution in [0, 0.1) is 11.3 Å². The van der Waals surface area contributed by atoms with Gasteiger partial charge in [-0.3, -0.25) is 4.79 Å². The average Bonchev–Trinajstić information content (AvgIpc) is 2.79. The summed E-state index contributed by atoms with van der Waals surface area (Å²) in [6.07, 6.45) is 1.48. The van der Waals surface area contributed by atoms with E-state index in [1.54, 1.807) is 42.5 Å². The molecule has 3 rings (SSSR count). The van der Waals surface area contributed by atoms with Crippen molar-refractivity contribution in [2.45, 2.75) is 13.5 Å². The van der Waals surface area contributed by atoms with Crippen molar-refractivity contribution in [2.75, 3.05) is 11.9 Å². The second kappa shape index (κ2) is 10.9. The summed E-state index contributed by atoms with van der Waals surface area (Å²) in [6.45, 7) is 2.85. The summed E-state index contributed by atoms with van der Waals surface area (Å²) in [6, 6.07) is 23.7. The van der Waals surface area contributed by atoms with Crippen LogP contribution in [0.1, 0.15) is 18.1 Å². The van der Waals surface area contributed by atoms with E-state index in [2.05, 4.69) is 5.32 Å². The lowest BCUT2D eigenvalue weighted by Gasteiger charge is -2.09. The highest BCUT2D eigenvalue weighted by Gasteiger charge is 2.11. The first-order valence-electron chi connectivity index (χ1n) is 9.71. The van der Waals surface area contributed by atoms with Crippen LogP contribution in [0.4, 0.5) is 5.69 Å². The standard InChI is InChI=1S/C25H21ClN2O3/c1-2-30-22-11-9-21(10-12-22)28-25(29)20(16-27)14-19-8-13-24(23(26)15-19)31-17-18-6-4-3-5-7-18/h3-15H,2,17H2,1H3,(H,28,29)/b20-14+. The lowest BCUT2D eigenvalue weighted by atomic mass is 10.1. The van der Waals surface area contributed by atoms with Crippen LogP contribution in [0.15, 0.2) is 78.4 Å². The highest BCUT2D eigenvalue weighted by atomic mass is 35.5. The molecule has 1 amide bonds. The van der Waals surface area contributed by atoms with E-state index in [4.69, 9.17) is 21.1 Å². The van der Waals surface area contributed by atoms with Crippen LogP contribution in [0.3, 0.4) is 0 Å². The van der Waals surface area contributed by atoms with Crippen molar-refractivity contribution in [3.63, 3.8) is 0 Å². The van der Waals surface area contributed by atoms with E-state index >= 15 is 0 Å².